The summed E-state index contributed by atoms with van der Waals surface area (Å²) in [6.45, 7) is -0.141. The Labute approximate surface area is 186 Å². The summed E-state index contributed by atoms with van der Waals surface area (Å²) in [7, 11) is 0. The summed E-state index contributed by atoms with van der Waals surface area (Å²) in [6.07, 6.45) is -5.70. The zero-order chi connectivity index (χ0) is 24.6. The number of benzene rings is 3. The second kappa shape index (κ2) is 8.73. The van der Waals surface area contributed by atoms with Crippen molar-refractivity contribution in [3.05, 3.63) is 95.0 Å². The van der Waals surface area contributed by atoms with Crippen LogP contribution in [0.25, 0.3) is 10.8 Å². The first kappa shape index (κ1) is 23.1. The number of carbonyl (C=O) groups is 1. The summed E-state index contributed by atoms with van der Waals surface area (Å²) >= 11 is 0. The van der Waals surface area contributed by atoms with Gasteiger partial charge in [-0.3, -0.25) is 4.79 Å². The molecule has 11 heteroatoms. The second-order valence-electron chi connectivity index (χ2n) is 7.02. The number of ether oxygens (including phenoxy) is 1. The summed E-state index contributed by atoms with van der Waals surface area (Å²) in [6, 6.07) is 15.2. The molecule has 1 amide bonds. The maximum atomic E-state index is 14.0. The maximum absolute atomic E-state index is 14.0. The van der Waals surface area contributed by atoms with Crippen LogP contribution in [0.3, 0.4) is 0 Å². The number of hydrogen-bond acceptors (Lipinski definition) is 3. The number of halogens is 7. The molecule has 3 aromatic carbocycles. The van der Waals surface area contributed by atoms with Gasteiger partial charge in [0.05, 0.1) is 0 Å². The molecule has 176 valence electrons. The molecule has 4 aromatic rings. The molecule has 0 radical (unpaired) electrons. The van der Waals surface area contributed by atoms with Crippen molar-refractivity contribution in [2.24, 2.45) is 0 Å². The number of fused-ring (bicyclic) bond motifs is 1. The van der Waals surface area contributed by atoms with E-state index in [-0.39, 0.29) is 12.4 Å². The molecule has 1 N–H and O–H groups in total. The first-order valence-electron chi connectivity index (χ1n) is 9.51. The number of anilines is 1. The Kier molecular flexibility index (Phi) is 5.94. The highest BCUT2D eigenvalue weighted by Crippen LogP contribution is 2.38. The monoisotopic (exact) mass is 483 g/mol. The third-order valence-electron chi connectivity index (χ3n) is 4.77. The van der Waals surface area contributed by atoms with Gasteiger partial charge in [-0.2, -0.15) is 13.2 Å². The minimum atomic E-state index is -5.70. The van der Waals surface area contributed by atoms with Crippen molar-refractivity contribution in [3.63, 3.8) is 0 Å². The number of furan rings is 1. The summed E-state index contributed by atoms with van der Waals surface area (Å²) in [5, 5.41) is 3.40. The van der Waals surface area contributed by atoms with Crippen LogP contribution in [0.5, 0.6) is 5.75 Å². The van der Waals surface area contributed by atoms with E-state index < -0.39 is 52.4 Å². The average Bonchev–Trinajstić information content (AvgIpc) is 3.27. The number of hydrogen-bond donors (Lipinski definition) is 1. The summed E-state index contributed by atoms with van der Waals surface area (Å²) in [5.74, 6) is -11.5. The Balaban J connectivity index is 1.49. The van der Waals surface area contributed by atoms with Crippen molar-refractivity contribution in [1.82, 2.24) is 0 Å². The molecule has 0 atom stereocenters. The molecule has 0 saturated carbocycles. The maximum Gasteiger partial charge on any atom is 0.422 e. The smallest absolute Gasteiger partial charge is 0.422 e. The van der Waals surface area contributed by atoms with Crippen LogP contribution in [-0.4, -0.2) is 5.91 Å². The molecule has 0 saturated heterocycles. The van der Waals surface area contributed by atoms with Crippen LogP contribution >= 0.6 is 0 Å². The van der Waals surface area contributed by atoms with Gasteiger partial charge >= 0.3 is 6.18 Å². The van der Waals surface area contributed by atoms with E-state index in [2.05, 4.69) is 0 Å². The van der Waals surface area contributed by atoms with Gasteiger partial charge in [0.2, 0.25) is 0 Å². The standard InChI is InChI=1S/C23H12F7NO3/c24-17-16(23(28,29)30)18(25)20(27)21(19(17)26)31-22(32)15-8-7-14(34-15)10-33-13-6-5-11-3-1-2-4-12(11)9-13/h1-9H,10H2,(H,31,32). The van der Waals surface area contributed by atoms with E-state index in [4.69, 9.17) is 9.15 Å². The van der Waals surface area contributed by atoms with Gasteiger partial charge in [0.25, 0.3) is 5.91 Å². The van der Waals surface area contributed by atoms with Crippen molar-refractivity contribution in [3.8, 4) is 5.75 Å². The van der Waals surface area contributed by atoms with E-state index in [1.165, 1.54) is 11.4 Å². The van der Waals surface area contributed by atoms with Crippen LogP contribution in [0.15, 0.2) is 59.0 Å². The van der Waals surface area contributed by atoms with E-state index >= 15 is 0 Å². The Hall–Kier alpha value is -4.02. The van der Waals surface area contributed by atoms with Gasteiger partial charge in [0, 0.05) is 0 Å². The normalized spacial score (nSPS) is 11.6. The number of alkyl halides is 3. The van der Waals surface area contributed by atoms with Crippen LogP contribution < -0.4 is 10.1 Å². The molecule has 4 rings (SSSR count). The summed E-state index contributed by atoms with van der Waals surface area (Å²) in [5.41, 5.74) is -4.47. The molecule has 0 spiro atoms. The van der Waals surface area contributed by atoms with Gasteiger partial charge in [-0.25, -0.2) is 17.6 Å². The van der Waals surface area contributed by atoms with E-state index in [1.807, 2.05) is 30.3 Å². The molecule has 0 unspecified atom stereocenters. The fourth-order valence-electron chi connectivity index (χ4n) is 3.15. The number of carbonyl (C=O) groups excluding carboxylic acids is 1. The third kappa shape index (κ3) is 4.41. The molecule has 0 aliphatic heterocycles. The highest BCUT2D eigenvalue weighted by molar-refractivity contribution is 6.02. The molecule has 1 heterocycles. The molecular weight excluding hydrogens is 471 g/mol. The number of nitrogens with one attached hydrogen (secondary N) is 1. The topological polar surface area (TPSA) is 51.5 Å². The first-order valence-corrected chi connectivity index (χ1v) is 9.51. The van der Waals surface area contributed by atoms with Crippen LogP contribution in [0.2, 0.25) is 0 Å². The zero-order valence-electron chi connectivity index (χ0n) is 16.8. The SMILES string of the molecule is O=C(Nc1c(F)c(F)c(C(F)(F)F)c(F)c1F)c1ccc(COc2ccc3ccccc3c2)o1. The van der Waals surface area contributed by atoms with E-state index in [1.54, 1.807) is 12.1 Å². The fourth-order valence-corrected chi connectivity index (χ4v) is 3.15. The lowest BCUT2D eigenvalue weighted by Crippen LogP contribution is -2.20. The Morgan fingerprint density at radius 2 is 1.50 bits per heavy atom. The quantitative estimate of drug-likeness (QED) is 0.250. The fraction of sp³-hybridized carbons (Fsp3) is 0.0870. The van der Waals surface area contributed by atoms with Gasteiger partial charge in [-0.1, -0.05) is 30.3 Å². The highest BCUT2D eigenvalue weighted by atomic mass is 19.4. The minimum Gasteiger partial charge on any atom is -0.486 e. The molecule has 34 heavy (non-hydrogen) atoms. The van der Waals surface area contributed by atoms with Crippen molar-refractivity contribution in [1.29, 1.82) is 0 Å². The van der Waals surface area contributed by atoms with Gasteiger partial charge in [-0.15, -0.1) is 0 Å². The number of amides is 1. The van der Waals surface area contributed by atoms with Gasteiger partial charge in [-0.05, 0) is 35.0 Å². The van der Waals surface area contributed by atoms with Crippen LogP contribution in [0, 0.1) is 23.3 Å². The van der Waals surface area contributed by atoms with Crippen LogP contribution in [0.4, 0.5) is 36.4 Å². The van der Waals surface area contributed by atoms with Crippen molar-refractivity contribution < 1.29 is 44.7 Å². The number of rotatable bonds is 5. The van der Waals surface area contributed by atoms with Crippen LogP contribution in [-0.2, 0) is 12.8 Å². The van der Waals surface area contributed by atoms with Gasteiger partial charge in [0.1, 0.15) is 29.4 Å². The van der Waals surface area contributed by atoms with E-state index in [0.29, 0.717) is 5.75 Å². The molecule has 1 aromatic heterocycles. The van der Waals surface area contributed by atoms with Crippen molar-refractivity contribution in [2.75, 3.05) is 5.32 Å². The first-order chi connectivity index (χ1) is 16.1. The van der Waals surface area contributed by atoms with Gasteiger partial charge in [0.15, 0.2) is 29.0 Å². The molecule has 0 bridgehead atoms. The van der Waals surface area contributed by atoms with Crippen LogP contribution in [0.1, 0.15) is 21.9 Å². The highest BCUT2D eigenvalue weighted by Gasteiger charge is 2.42. The Morgan fingerprint density at radius 1 is 0.853 bits per heavy atom. The average molecular weight is 483 g/mol. The van der Waals surface area contributed by atoms with Gasteiger partial charge < -0.3 is 14.5 Å². The largest absolute Gasteiger partial charge is 0.486 e. The van der Waals surface area contributed by atoms with Crippen molar-refractivity contribution in [2.45, 2.75) is 12.8 Å². The molecule has 0 aliphatic carbocycles. The van der Waals surface area contributed by atoms with Crippen molar-refractivity contribution >= 4 is 22.4 Å². The predicted octanol–water partition coefficient (Wildman–Crippen LogP) is 6.84. The van der Waals surface area contributed by atoms with E-state index in [0.717, 1.165) is 16.8 Å². The zero-order valence-corrected chi connectivity index (χ0v) is 16.8. The molecule has 0 aliphatic rings. The lowest BCUT2D eigenvalue weighted by Gasteiger charge is -2.14. The molecule has 0 fully saturated rings. The molecular formula is C23H12F7NO3. The molecule has 4 nitrogen and oxygen atoms in total. The summed E-state index contributed by atoms with van der Waals surface area (Å²) in [4.78, 5) is 12.2. The second-order valence-corrected chi connectivity index (χ2v) is 7.02. The lowest BCUT2D eigenvalue weighted by atomic mass is 10.1. The summed E-state index contributed by atoms with van der Waals surface area (Å²) < 4.78 is 104. The Morgan fingerprint density at radius 3 is 2.15 bits per heavy atom. The minimum absolute atomic E-state index is 0.115. The predicted molar refractivity (Wildman–Crippen MR) is 106 cm³/mol. The van der Waals surface area contributed by atoms with E-state index in [9.17, 15) is 35.5 Å². The Bertz CT molecular complexity index is 1370. The lowest BCUT2D eigenvalue weighted by molar-refractivity contribution is -0.143. The third-order valence-corrected chi connectivity index (χ3v) is 4.77.